The van der Waals surface area contributed by atoms with Crippen molar-refractivity contribution in [3.05, 3.63) is 35.9 Å². The summed E-state index contributed by atoms with van der Waals surface area (Å²) in [4.78, 5) is 9.93. The first-order valence-electron chi connectivity index (χ1n) is 10.7. The second-order valence-corrected chi connectivity index (χ2v) is 7.58. The Bertz CT molecular complexity index is 523. The van der Waals surface area contributed by atoms with Gasteiger partial charge in [0.05, 0.1) is 0 Å². The minimum atomic E-state index is 0.581. The van der Waals surface area contributed by atoms with Crippen molar-refractivity contribution >= 4 is 5.96 Å². The van der Waals surface area contributed by atoms with Gasteiger partial charge in [0, 0.05) is 52.4 Å². The minimum absolute atomic E-state index is 0.581. The number of likely N-dealkylation sites (N-methyl/N-ethyl adjacent to an activating group) is 1. The lowest BCUT2D eigenvalue weighted by atomic mass is 10.1. The van der Waals surface area contributed by atoms with Crippen LogP contribution in [-0.4, -0.2) is 74.7 Å². The fraction of sp³-hybridized carbons (Fsp3) is 0.682. The largest absolute Gasteiger partial charge is 0.357 e. The highest BCUT2D eigenvalue weighted by Gasteiger charge is 2.17. The summed E-state index contributed by atoms with van der Waals surface area (Å²) in [6, 6.07) is 10.7. The van der Waals surface area contributed by atoms with Gasteiger partial charge in [-0.25, -0.2) is 0 Å². The summed E-state index contributed by atoms with van der Waals surface area (Å²) in [5.74, 6) is 1.53. The third kappa shape index (κ3) is 8.76. The van der Waals surface area contributed by atoms with Gasteiger partial charge in [-0.1, -0.05) is 44.2 Å². The van der Waals surface area contributed by atoms with Gasteiger partial charge in [-0.3, -0.25) is 4.99 Å². The molecule has 5 heteroatoms. The molecule has 152 valence electrons. The molecule has 5 nitrogen and oxygen atoms in total. The SMILES string of the molecule is CCNC(=NCC(C)CN1CCN(CC)CC1)NCCCc1ccccc1. The van der Waals surface area contributed by atoms with Crippen LogP contribution in [-0.2, 0) is 6.42 Å². The molecule has 1 fully saturated rings. The van der Waals surface area contributed by atoms with Crippen molar-refractivity contribution in [2.24, 2.45) is 10.9 Å². The Hall–Kier alpha value is -1.59. The molecule has 0 aromatic heterocycles. The fourth-order valence-electron chi connectivity index (χ4n) is 3.52. The minimum Gasteiger partial charge on any atom is -0.357 e. The quantitative estimate of drug-likeness (QED) is 0.376. The van der Waals surface area contributed by atoms with Gasteiger partial charge in [0.15, 0.2) is 5.96 Å². The summed E-state index contributed by atoms with van der Waals surface area (Å²) in [6.07, 6.45) is 2.22. The first kappa shape index (κ1) is 21.7. The average Bonchev–Trinajstić information content (AvgIpc) is 2.70. The van der Waals surface area contributed by atoms with E-state index in [4.69, 9.17) is 4.99 Å². The van der Waals surface area contributed by atoms with Crippen LogP contribution in [0.3, 0.4) is 0 Å². The Kier molecular flexibility index (Phi) is 10.2. The van der Waals surface area contributed by atoms with Gasteiger partial charge in [0.1, 0.15) is 0 Å². The predicted octanol–water partition coefficient (Wildman–Crippen LogP) is 2.45. The van der Waals surface area contributed by atoms with Crippen LogP contribution >= 0.6 is 0 Å². The Labute approximate surface area is 166 Å². The molecule has 1 atom stereocenters. The normalized spacial score (nSPS) is 17.7. The van der Waals surface area contributed by atoms with Crippen LogP contribution in [0.25, 0.3) is 0 Å². The molecule has 1 aromatic rings. The van der Waals surface area contributed by atoms with E-state index in [1.165, 1.54) is 38.3 Å². The molecular weight excluding hydrogens is 334 g/mol. The maximum atomic E-state index is 4.81. The molecule has 1 unspecified atom stereocenters. The van der Waals surface area contributed by atoms with Crippen molar-refractivity contribution in [1.82, 2.24) is 20.4 Å². The maximum absolute atomic E-state index is 4.81. The number of nitrogens with zero attached hydrogens (tertiary/aromatic N) is 3. The van der Waals surface area contributed by atoms with Gasteiger partial charge in [0.25, 0.3) is 0 Å². The Balaban J connectivity index is 1.67. The number of benzene rings is 1. The first-order chi connectivity index (χ1) is 13.2. The van der Waals surface area contributed by atoms with Crippen molar-refractivity contribution < 1.29 is 0 Å². The van der Waals surface area contributed by atoms with E-state index >= 15 is 0 Å². The average molecular weight is 374 g/mol. The topological polar surface area (TPSA) is 42.9 Å². The molecule has 0 bridgehead atoms. The molecule has 0 radical (unpaired) electrons. The Morgan fingerprint density at radius 1 is 1.04 bits per heavy atom. The van der Waals surface area contributed by atoms with E-state index in [0.29, 0.717) is 5.92 Å². The lowest BCUT2D eigenvalue weighted by Crippen LogP contribution is -2.47. The molecule has 0 saturated carbocycles. The van der Waals surface area contributed by atoms with Crippen molar-refractivity contribution in [3.63, 3.8) is 0 Å². The van der Waals surface area contributed by atoms with Crippen LogP contribution in [0.2, 0.25) is 0 Å². The summed E-state index contributed by atoms with van der Waals surface area (Å²) in [6.45, 7) is 16.5. The number of rotatable bonds is 10. The molecule has 2 N–H and O–H groups in total. The summed E-state index contributed by atoms with van der Waals surface area (Å²) in [5, 5.41) is 6.85. The molecule has 0 spiro atoms. The molecule has 0 amide bonds. The molecule has 1 aliphatic heterocycles. The first-order valence-corrected chi connectivity index (χ1v) is 10.7. The summed E-state index contributed by atoms with van der Waals surface area (Å²) >= 11 is 0. The summed E-state index contributed by atoms with van der Waals surface area (Å²) < 4.78 is 0. The standard InChI is InChI=1S/C22H39N5/c1-4-23-22(24-13-9-12-21-10-7-6-8-11-21)25-18-20(3)19-27-16-14-26(5-2)15-17-27/h6-8,10-11,20H,4-5,9,12-19H2,1-3H3,(H2,23,24,25). The number of hydrogen-bond acceptors (Lipinski definition) is 3. The molecule has 1 aliphatic rings. The van der Waals surface area contributed by atoms with Crippen molar-refractivity contribution in [3.8, 4) is 0 Å². The molecule has 2 rings (SSSR count). The van der Waals surface area contributed by atoms with E-state index in [1.807, 2.05) is 0 Å². The highest BCUT2D eigenvalue weighted by atomic mass is 15.3. The summed E-state index contributed by atoms with van der Waals surface area (Å²) in [7, 11) is 0. The van der Waals surface area contributed by atoms with Crippen LogP contribution in [0.4, 0.5) is 0 Å². The number of hydrogen-bond donors (Lipinski definition) is 2. The smallest absolute Gasteiger partial charge is 0.191 e. The molecule has 1 saturated heterocycles. The fourth-order valence-corrected chi connectivity index (χ4v) is 3.52. The van der Waals surface area contributed by atoms with Gasteiger partial charge in [0.2, 0.25) is 0 Å². The second kappa shape index (κ2) is 12.7. The van der Waals surface area contributed by atoms with Crippen LogP contribution < -0.4 is 10.6 Å². The van der Waals surface area contributed by atoms with E-state index in [1.54, 1.807) is 0 Å². The number of guanidine groups is 1. The molecular formula is C22H39N5. The molecule has 1 aromatic carbocycles. The predicted molar refractivity (Wildman–Crippen MR) is 116 cm³/mol. The van der Waals surface area contributed by atoms with E-state index in [-0.39, 0.29) is 0 Å². The lowest BCUT2D eigenvalue weighted by molar-refractivity contribution is 0.125. The number of nitrogens with one attached hydrogen (secondary N) is 2. The molecule has 0 aliphatic carbocycles. The zero-order valence-corrected chi connectivity index (χ0v) is 17.6. The number of aliphatic imine (C=N–C) groups is 1. The van der Waals surface area contributed by atoms with Gasteiger partial charge >= 0.3 is 0 Å². The van der Waals surface area contributed by atoms with Crippen molar-refractivity contribution in [2.45, 2.75) is 33.6 Å². The summed E-state index contributed by atoms with van der Waals surface area (Å²) in [5.41, 5.74) is 1.40. The Morgan fingerprint density at radius 3 is 2.41 bits per heavy atom. The van der Waals surface area contributed by atoms with E-state index in [2.05, 4.69) is 71.5 Å². The molecule has 1 heterocycles. The van der Waals surface area contributed by atoms with E-state index < -0.39 is 0 Å². The monoisotopic (exact) mass is 373 g/mol. The zero-order valence-electron chi connectivity index (χ0n) is 17.6. The third-order valence-corrected chi connectivity index (χ3v) is 5.16. The highest BCUT2D eigenvalue weighted by Crippen LogP contribution is 2.06. The number of piperazine rings is 1. The van der Waals surface area contributed by atoms with Crippen LogP contribution in [0, 0.1) is 5.92 Å². The Morgan fingerprint density at radius 2 is 1.74 bits per heavy atom. The van der Waals surface area contributed by atoms with Gasteiger partial charge in [-0.15, -0.1) is 0 Å². The van der Waals surface area contributed by atoms with Crippen molar-refractivity contribution in [2.75, 3.05) is 58.9 Å². The lowest BCUT2D eigenvalue weighted by Gasteiger charge is -2.35. The van der Waals surface area contributed by atoms with Crippen LogP contribution in [0.1, 0.15) is 32.8 Å². The second-order valence-electron chi connectivity index (χ2n) is 7.58. The molecule has 27 heavy (non-hydrogen) atoms. The van der Waals surface area contributed by atoms with E-state index in [0.717, 1.165) is 45.0 Å². The van der Waals surface area contributed by atoms with Gasteiger partial charge in [-0.2, -0.15) is 0 Å². The maximum Gasteiger partial charge on any atom is 0.191 e. The van der Waals surface area contributed by atoms with Crippen LogP contribution in [0.15, 0.2) is 35.3 Å². The highest BCUT2D eigenvalue weighted by molar-refractivity contribution is 5.79. The number of aryl methyl sites for hydroxylation is 1. The van der Waals surface area contributed by atoms with Crippen molar-refractivity contribution in [1.29, 1.82) is 0 Å². The van der Waals surface area contributed by atoms with Gasteiger partial charge < -0.3 is 20.4 Å². The zero-order chi connectivity index (χ0) is 19.3. The van der Waals surface area contributed by atoms with Crippen LogP contribution in [0.5, 0.6) is 0 Å². The van der Waals surface area contributed by atoms with Gasteiger partial charge in [-0.05, 0) is 37.8 Å². The third-order valence-electron chi connectivity index (χ3n) is 5.16. The van der Waals surface area contributed by atoms with E-state index in [9.17, 15) is 0 Å².